The Labute approximate surface area is 166 Å². The fourth-order valence-corrected chi connectivity index (χ4v) is 3.38. The molecule has 0 saturated heterocycles. The SMILES string of the molecule is Cc1ccccc1Nc1nc2ccc(C(=O)c3ccccc3)cc2n2cnnc12. The highest BCUT2D eigenvalue weighted by Crippen LogP contribution is 2.26. The molecule has 0 atom stereocenters. The van der Waals surface area contributed by atoms with E-state index in [9.17, 15) is 4.79 Å². The third-order valence-corrected chi connectivity index (χ3v) is 4.92. The van der Waals surface area contributed by atoms with E-state index in [0.29, 0.717) is 22.6 Å². The molecular weight excluding hydrogens is 362 g/mol. The molecule has 0 bridgehead atoms. The number of fused-ring (bicyclic) bond motifs is 3. The van der Waals surface area contributed by atoms with Crippen LogP contribution in [0.2, 0.25) is 0 Å². The molecule has 5 rings (SSSR count). The molecule has 1 N–H and O–H groups in total. The molecule has 0 aliphatic rings. The molecule has 6 heteroatoms. The van der Waals surface area contributed by atoms with E-state index < -0.39 is 0 Å². The number of aromatic nitrogens is 4. The molecule has 0 aliphatic heterocycles. The highest BCUT2D eigenvalue weighted by Gasteiger charge is 2.15. The Balaban J connectivity index is 1.63. The van der Waals surface area contributed by atoms with E-state index >= 15 is 0 Å². The van der Waals surface area contributed by atoms with Crippen molar-refractivity contribution < 1.29 is 4.79 Å². The van der Waals surface area contributed by atoms with Crippen LogP contribution < -0.4 is 5.32 Å². The van der Waals surface area contributed by atoms with Crippen molar-refractivity contribution in [1.82, 2.24) is 19.6 Å². The van der Waals surface area contributed by atoms with Gasteiger partial charge in [-0.05, 0) is 36.8 Å². The molecule has 29 heavy (non-hydrogen) atoms. The van der Waals surface area contributed by atoms with Crippen LogP contribution in [-0.2, 0) is 0 Å². The predicted octanol–water partition coefficient (Wildman–Crippen LogP) is 4.56. The maximum absolute atomic E-state index is 12.8. The zero-order chi connectivity index (χ0) is 19.8. The second-order valence-electron chi connectivity index (χ2n) is 6.82. The molecule has 0 amide bonds. The Kier molecular flexibility index (Phi) is 4.02. The van der Waals surface area contributed by atoms with Gasteiger partial charge in [-0.3, -0.25) is 9.20 Å². The second kappa shape index (κ2) is 6.83. The van der Waals surface area contributed by atoms with Crippen LogP contribution >= 0.6 is 0 Å². The smallest absolute Gasteiger partial charge is 0.204 e. The average Bonchev–Trinajstić information content (AvgIpc) is 3.26. The van der Waals surface area contributed by atoms with Crippen molar-refractivity contribution in [2.45, 2.75) is 6.92 Å². The zero-order valence-corrected chi connectivity index (χ0v) is 15.7. The van der Waals surface area contributed by atoms with Crippen LogP contribution in [0.15, 0.2) is 79.1 Å². The first-order valence-corrected chi connectivity index (χ1v) is 9.26. The first-order chi connectivity index (χ1) is 14.2. The van der Waals surface area contributed by atoms with Crippen LogP contribution in [0.5, 0.6) is 0 Å². The van der Waals surface area contributed by atoms with Gasteiger partial charge in [0.2, 0.25) is 5.65 Å². The molecule has 140 valence electrons. The Hall–Kier alpha value is -4.06. The van der Waals surface area contributed by atoms with E-state index in [1.165, 1.54) is 0 Å². The third kappa shape index (κ3) is 3.00. The summed E-state index contributed by atoms with van der Waals surface area (Å²) in [6.07, 6.45) is 1.64. The van der Waals surface area contributed by atoms with Gasteiger partial charge in [-0.1, -0.05) is 48.5 Å². The molecule has 0 spiro atoms. The van der Waals surface area contributed by atoms with Crippen molar-refractivity contribution >= 4 is 34.0 Å². The molecule has 2 heterocycles. The third-order valence-electron chi connectivity index (χ3n) is 4.92. The highest BCUT2D eigenvalue weighted by atomic mass is 16.1. The first kappa shape index (κ1) is 17.1. The molecule has 5 aromatic rings. The Bertz CT molecular complexity index is 1360. The van der Waals surface area contributed by atoms with E-state index in [-0.39, 0.29) is 5.78 Å². The van der Waals surface area contributed by atoms with Crippen molar-refractivity contribution in [2.24, 2.45) is 0 Å². The molecular formula is C23H17N5O. The van der Waals surface area contributed by atoms with E-state index in [0.717, 1.165) is 22.3 Å². The Morgan fingerprint density at radius 2 is 1.72 bits per heavy atom. The summed E-state index contributed by atoms with van der Waals surface area (Å²) >= 11 is 0. The van der Waals surface area contributed by atoms with E-state index in [1.807, 2.05) is 78.1 Å². The van der Waals surface area contributed by atoms with Crippen molar-refractivity contribution in [3.8, 4) is 0 Å². The van der Waals surface area contributed by atoms with Crippen LogP contribution in [0.4, 0.5) is 11.5 Å². The fraction of sp³-hybridized carbons (Fsp3) is 0.0435. The van der Waals surface area contributed by atoms with Crippen molar-refractivity contribution in [1.29, 1.82) is 0 Å². The average molecular weight is 379 g/mol. The lowest BCUT2D eigenvalue weighted by atomic mass is 10.0. The normalized spacial score (nSPS) is 11.1. The molecule has 2 aromatic heterocycles. The zero-order valence-electron chi connectivity index (χ0n) is 15.7. The van der Waals surface area contributed by atoms with Crippen LogP contribution in [0, 0.1) is 6.92 Å². The monoisotopic (exact) mass is 379 g/mol. The van der Waals surface area contributed by atoms with Crippen LogP contribution in [0.25, 0.3) is 16.7 Å². The van der Waals surface area contributed by atoms with Gasteiger partial charge in [0, 0.05) is 16.8 Å². The minimum Gasteiger partial charge on any atom is -0.337 e. The van der Waals surface area contributed by atoms with Gasteiger partial charge >= 0.3 is 0 Å². The second-order valence-corrected chi connectivity index (χ2v) is 6.82. The van der Waals surface area contributed by atoms with Crippen LogP contribution in [-0.4, -0.2) is 25.4 Å². The summed E-state index contributed by atoms with van der Waals surface area (Å²) in [6, 6.07) is 22.7. The maximum atomic E-state index is 12.8. The largest absolute Gasteiger partial charge is 0.337 e. The van der Waals surface area contributed by atoms with Crippen LogP contribution in [0.1, 0.15) is 21.5 Å². The number of hydrogen-bond acceptors (Lipinski definition) is 5. The first-order valence-electron chi connectivity index (χ1n) is 9.26. The molecule has 3 aromatic carbocycles. The van der Waals surface area contributed by atoms with E-state index in [1.54, 1.807) is 12.4 Å². The summed E-state index contributed by atoms with van der Waals surface area (Å²) in [4.78, 5) is 17.6. The van der Waals surface area contributed by atoms with Gasteiger partial charge in [0.1, 0.15) is 6.33 Å². The predicted molar refractivity (Wildman–Crippen MR) is 113 cm³/mol. The lowest BCUT2D eigenvalue weighted by Crippen LogP contribution is -2.04. The molecule has 0 radical (unpaired) electrons. The highest BCUT2D eigenvalue weighted by molar-refractivity contribution is 6.10. The number of nitrogens with one attached hydrogen (secondary N) is 1. The summed E-state index contributed by atoms with van der Waals surface area (Å²) in [6.45, 7) is 2.03. The lowest BCUT2D eigenvalue weighted by molar-refractivity contribution is 0.103. The number of carbonyl (C=O) groups excluding carboxylic acids is 1. The van der Waals surface area contributed by atoms with E-state index in [4.69, 9.17) is 4.98 Å². The standard InChI is InChI=1S/C23H17N5O/c1-15-7-5-6-10-18(15)25-22-23-27-24-14-28(23)20-13-17(11-12-19(20)26-22)21(29)16-8-3-2-4-9-16/h2-14H,1H3,(H,25,26). The van der Waals surface area contributed by atoms with Gasteiger partial charge < -0.3 is 5.32 Å². The number of nitrogens with zero attached hydrogens (tertiary/aromatic N) is 4. The molecule has 0 unspecified atom stereocenters. The van der Waals surface area contributed by atoms with Gasteiger partial charge in [0.05, 0.1) is 11.0 Å². The maximum Gasteiger partial charge on any atom is 0.204 e. The van der Waals surface area contributed by atoms with Gasteiger partial charge in [0.15, 0.2) is 11.6 Å². The summed E-state index contributed by atoms with van der Waals surface area (Å²) in [7, 11) is 0. The quantitative estimate of drug-likeness (QED) is 0.464. The van der Waals surface area contributed by atoms with Gasteiger partial charge in [-0.2, -0.15) is 0 Å². The Morgan fingerprint density at radius 3 is 2.55 bits per heavy atom. The molecule has 0 saturated carbocycles. The molecule has 0 aliphatic carbocycles. The number of aryl methyl sites for hydroxylation is 1. The van der Waals surface area contributed by atoms with Gasteiger partial charge in [0.25, 0.3) is 0 Å². The molecule has 6 nitrogen and oxygen atoms in total. The number of rotatable bonds is 4. The van der Waals surface area contributed by atoms with Crippen molar-refractivity contribution in [3.05, 3.63) is 95.8 Å². The summed E-state index contributed by atoms with van der Waals surface area (Å²) in [5.74, 6) is 0.585. The number of para-hydroxylation sites is 1. The summed E-state index contributed by atoms with van der Waals surface area (Å²) in [5.41, 5.74) is 5.44. The number of anilines is 2. The molecule has 0 fully saturated rings. The number of carbonyl (C=O) groups is 1. The summed E-state index contributed by atoms with van der Waals surface area (Å²) < 4.78 is 1.85. The van der Waals surface area contributed by atoms with Crippen molar-refractivity contribution in [3.63, 3.8) is 0 Å². The minimum absolute atomic E-state index is 0.0316. The number of ketones is 1. The number of hydrogen-bond donors (Lipinski definition) is 1. The fourth-order valence-electron chi connectivity index (χ4n) is 3.38. The number of benzene rings is 3. The lowest BCUT2D eigenvalue weighted by Gasteiger charge is -2.11. The van der Waals surface area contributed by atoms with Gasteiger partial charge in [-0.25, -0.2) is 4.98 Å². The van der Waals surface area contributed by atoms with Gasteiger partial charge in [-0.15, -0.1) is 10.2 Å². The minimum atomic E-state index is -0.0316. The topological polar surface area (TPSA) is 72.2 Å². The van der Waals surface area contributed by atoms with Crippen molar-refractivity contribution in [2.75, 3.05) is 5.32 Å². The summed E-state index contributed by atoms with van der Waals surface area (Å²) in [5, 5.41) is 11.6. The van der Waals surface area contributed by atoms with Crippen LogP contribution in [0.3, 0.4) is 0 Å². The Morgan fingerprint density at radius 1 is 0.931 bits per heavy atom. The van der Waals surface area contributed by atoms with E-state index in [2.05, 4.69) is 15.5 Å².